The molecule has 0 radical (unpaired) electrons. The summed E-state index contributed by atoms with van der Waals surface area (Å²) in [6.07, 6.45) is 2.08. The number of carbonyl (C=O) groups is 2. The number of aliphatic hydroxyl groups excluding tert-OH is 1. The number of ketones is 1. The fourth-order valence-corrected chi connectivity index (χ4v) is 4.37. The lowest BCUT2D eigenvalue weighted by atomic mass is 9.86. The lowest BCUT2D eigenvalue weighted by Crippen LogP contribution is -2.44. The van der Waals surface area contributed by atoms with Crippen LogP contribution in [0.15, 0.2) is 30.3 Å². The van der Waals surface area contributed by atoms with Crippen LogP contribution in [0.4, 0.5) is 0 Å². The number of aryl methyl sites for hydroxylation is 2. The van der Waals surface area contributed by atoms with Gasteiger partial charge in [0.1, 0.15) is 18.0 Å². The highest BCUT2D eigenvalue weighted by Crippen LogP contribution is 2.28. The summed E-state index contributed by atoms with van der Waals surface area (Å²) in [4.78, 5) is 26.9. The van der Waals surface area contributed by atoms with Gasteiger partial charge in [-0.3, -0.25) is 4.79 Å². The fourth-order valence-electron chi connectivity index (χ4n) is 4.37. The molecule has 0 saturated heterocycles. The molecular formula is C22H26N2O5. The summed E-state index contributed by atoms with van der Waals surface area (Å²) in [6, 6.07) is 7.98. The van der Waals surface area contributed by atoms with Gasteiger partial charge in [-0.1, -0.05) is 0 Å². The molecule has 1 heterocycles. The zero-order valence-corrected chi connectivity index (χ0v) is 16.4. The van der Waals surface area contributed by atoms with Crippen LogP contribution in [-0.2, 0) is 6.42 Å². The highest BCUT2D eigenvalue weighted by Gasteiger charge is 2.37. The number of fused-ring (bicyclic) bond motifs is 1. The minimum absolute atomic E-state index is 0.0755. The second-order valence-corrected chi connectivity index (χ2v) is 8.01. The van der Waals surface area contributed by atoms with Crippen LogP contribution < -0.4 is 10.1 Å². The van der Waals surface area contributed by atoms with E-state index in [4.69, 9.17) is 9.84 Å². The molecule has 4 unspecified atom stereocenters. The van der Waals surface area contributed by atoms with Gasteiger partial charge in [-0.25, -0.2) is 4.79 Å². The number of aliphatic hydroxyl groups is 1. The van der Waals surface area contributed by atoms with Crippen molar-refractivity contribution in [2.45, 2.75) is 50.9 Å². The molecule has 7 heteroatoms. The Morgan fingerprint density at radius 3 is 2.72 bits per heavy atom. The van der Waals surface area contributed by atoms with Gasteiger partial charge in [-0.05, 0) is 62.9 Å². The van der Waals surface area contributed by atoms with E-state index in [0.29, 0.717) is 18.7 Å². The van der Waals surface area contributed by atoms with Crippen LogP contribution in [-0.4, -0.2) is 51.7 Å². The summed E-state index contributed by atoms with van der Waals surface area (Å²) >= 11 is 0. The molecule has 0 spiro atoms. The van der Waals surface area contributed by atoms with Crippen LogP contribution >= 0.6 is 0 Å². The molecule has 29 heavy (non-hydrogen) atoms. The second-order valence-electron chi connectivity index (χ2n) is 8.01. The number of aromatic amines is 1. The Morgan fingerprint density at radius 1 is 1.24 bits per heavy atom. The molecule has 1 aromatic heterocycles. The molecular weight excluding hydrogens is 372 g/mol. The first-order chi connectivity index (χ1) is 13.9. The third kappa shape index (κ3) is 4.06. The maximum absolute atomic E-state index is 12.7. The number of aromatic nitrogens is 1. The zero-order chi connectivity index (χ0) is 20.5. The van der Waals surface area contributed by atoms with Crippen molar-refractivity contribution >= 4 is 11.8 Å². The van der Waals surface area contributed by atoms with Gasteiger partial charge in [0.25, 0.3) is 0 Å². The van der Waals surface area contributed by atoms with Crippen LogP contribution in [0.2, 0.25) is 0 Å². The van der Waals surface area contributed by atoms with E-state index in [2.05, 4.69) is 10.3 Å². The third-order valence-corrected chi connectivity index (χ3v) is 5.98. The van der Waals surface area contributed by atoms with Gasteiger partial charge < -0.3 is 25.3 Å². The summed E-state index contributed by atoms with van der Waals surface area (Å²) in [5.74, 6) is -0.353. The molecule has 0 aliphatic heterocycles. The van der Waals surface area contributed by atoms with E-state index in [9.17, 15) is 14.7 Å². The van der Waals surface area contributed by atoms with E-state index in [1.807, 2.05) is 13.0 Å². The van der Waals surface area contributed by atoms with Crippen molar-refractivity contribution in [3.05, 3.63) is 52.8 Å². The molecule has 1 fully saturated rings. The summed E-state index contributed by atoms with van der Waals surface area (Å²) in [5.41, 5.74) is 3.05. The van der Waals surface area contributed by atoms with Crippen molar-refractivity contribution < 1.29 is 24.5 Å². The monoisotopic (exact) mass is 398 g/mol. The Kier molecular flexibility index (Phi) is 5.43. The van der Waals surface area contributed by atoms with Gasteiger partial charge in [0.2, 0.25) is 0 Å². The Morgan fingerprint density at radius 2 is 2.00 bits per heavy atom. The quantitative estimate of drug-likeness (QED) is 0.594. The number of nitrogens with one attached hydrogen (secondary N) is 2. The fraction of sp³-hybridized carbons (Fsp3) is 0.455. The molecule has 1 aromatic carbocycles. The number of aromatic carboxylic acids is 1. The van der Waals surface area contributed by atoms with Crippen molar-refractivity contribution in [2.24, 2.45) is 5.92 Å². The Labute approximate surface area is 169 Å². The maximum atomic E-state index is 12.7. The summed E-state index contributed by atoms with van der Waals surface area (Å²) < 4.78 is 5.86. The normalized spacial score (nSPS) is 26.3. The molecule has 4 atom stereocenters. The maximum Gasteiger partial charge on any atom is 0.335 e. The molecule has 2 aromatic rings. The molecule has 4 rings (SSSR count). The number of H-pyrrole nitrogens is 1. The SMILES string of the molecule is Cc1cc2c([nH]1)CCC(CNC1CCC(Oc3ccc(C(=O)O)cc3)C1O)C2=O. The van der Waals surface area contributed by atoms with Crippen molar-refractivity contribution in [2.75, 3.05) is 6.54 Å². The molecule has 1 saturated carbocycles. The van der Waals surface area contributed by atoms with Gasteiger partial charge in [-0.15, -0.1) is 0 Å². The molecule has 0 bridgehead atoms. The minimum Gasteiger partial charge on any atom is -0.488 e. The predicted molar refractivity (Wildman–Crippen MR) is 107 cm³/mol. The van der Waals surface area contributed by atoms with Crippen LogP contribution in [0.3, 0.4) is 0 Å². The van der Waals surface area contributed by atoms with Gasteiger partial charge in [0.15, 0.2) is 5.78 Å². The van der Waals surface area contributed by atoms with E-state index >= 15 is 0 Å². The number of ether oxygens (including phenoxy) is 1. The van der Waals surface area contributed by atoms with E-state index in [0.717, 1.165) is 36.2 Å². The Bertz CT molecular complexity index is 904. The van der Waals surface area contributed by atoms with Crippen LogP contribution in [0.5, 0.6) is 5.75 Å². The first-order valence-electron chi connectivity index (χ1n) is 10.1. The number of carboxylic acid groups (broad SMARTS) is 1. The number of carbonyl (C=O) groups excluding carboxylic acids is 1. The van der Waals surface area contributed by atoms with Crippen molar-refractivity contribution in [1.29, 1.82) is 0 Å². The summed E-state index contributed by atoms with van der Waals surface area (Å²) in [7, 11) is 0. The van der Waals surface area contributed by atoms with Crippen LogP contribution in [0.25, 0.3) is 0 Å². The first-order valence-corrected chi connectivity index (χ1v) is 10.1. The second kappa shape index (κ2) is 8.00. The summed E-state index contributed by atoms with van der Waals surface area (Å²) in [5, 5.41) is 23.0. The molecule has 4 N–H and O–H groups in total. The van der Waals surface area contributed by atoms with Gasteiger partial charge in [-0.2, -0.15) is 0 Å². The third-order valence-electron chi connectivity index (χ3n) is 5.98. The van der Waals surface area contributed by atoms with Gasteiger partial charge >= 0.3 is 5.97 Å². The number of benzene rings is 1. The number of rotatable bonds is 6. The standard InChI is InChI=1S/C22H26N2O5/c1-12-10-16-17(24-12)7-4-14(20(16)25)11-23-18-8-9-19(21(18)26)29-15-5-2-13(3-6-15)22(27)28/h2-3,5-6,10,14,18-19,21,23-24,26H,4,7-9,11H2,1H3,(H,27,28). The number of carboxylic acids is 1. The van der Waals surface area contributed by atoms with Crippen molar-refractivity contribution in [1.82, 2.24) is 10.3 Å². The van der Waals surface area contributed by atoms with Gasteiger partial charge in [0, 0.05) is 35.5 Å². The van der Waals surface area contributed by atoms with Crippen molar-refractivity contribution in [3.63, 3.8) is 0 Å². The molecule has 154 valence electrons. The number of hydrogen-bond acceptors (Lipinski definition) is 5. The highest BCUT2D eigenvalue weighted by atomic mass is 16.5. The Balaban J connectivity index is 1.31. The topological polar surface area (TPSA) is 112 Å². The lowest BCUT2D eigenvalue weighted by Gasteiger charge is -2.25. The van der Waals surface area contributed by atoms with Crippen molar-refractivity contribution in [3.8, 4) is 5.75 Å². The average Bonchev–Trinajstić information content (AvgIpc) is 3.25. The van der Waals surface area contributed by atoms with E-state index < -0.39 is 12.1 Å². The first kappa shape index (κ1) is 19.7. The van der Waals surface area contributed by atoms with Crippen LogP contribution in [0, 0.1) is 12.8 Å². The van der Waals surface area contributed by atoms with E-state index in [1.165, 1.54) is 12.1 Å². The highest BCUT2D eigenvalue weighted by molar-refractivity contribution is 6.00. The minimum atomic E-state index is -0.985. The average molecular weight is 398 g/mol. The molecule has 2 aliphatic carbocycles. The zero-order valence-electron chi connectivity index (χ0n) is 16.4. The lowest BCUT2D eigenvalue weighted by molar-refractivity contribution is 0.0441. The van der Waals surface area contributed by atoms with E-state index in [1.54, 1.807) is 12.1 Å². The van der Waals surface area contributed by atoms with E-state index in [-0.39, 0.29) is 29.4 Å². The Hall–Kier alpha value is -2.64. The number of hydrogen-bond donors (Lipinski definition) is 4. The van der Waals surface area contributed by atoms with Crippen LogP contribution in [0.1, 0.15) is 51.4 Å². The molecule has 0 amide bonds. The predicted octanol–water partition coefficient (Wildman–Crippen LogP) is 2.33. The molecule has 2 aliphatic rings. The van der Waals surface area contributed by atoms with Gasteiger partial charge in [0.05, 0.1) is 5.56 Å². The number of Topliss-reactive ketones (excluding diaryl/α,β-unsaturated/α-hetero) is 1. The smallest absolute Gasteiger partial charge is 0.335 e. The largest absolute Gasteiger partial charge is 0.488 e. The molecule has 7 nitrogen and oxygen atoms in total. The summed E-state index contributed by atoms with van der Waals surface area (Å²) in [6.45, 7) is 2.51.